The van der Waals surface area contributed by atoms with E-state index < -0.39 is 0 Å². The van der Waals surface area contributed by atoms with Crippen LogP contribution >= 0.6 is 12.2 Å². The van der Waals surface area contributed by atoms with E-state index in [9.17, 15) is 0 Å². The van der Waals surface area contributed by atoms with Crippen molar-refractivity contribution in [2.75, 3.05) is 13.1 Å². The van der Waals surface area contributed by atoms with Crippen molar-refractivity contribution < 1.29 is 4.74 Å². The molecule has 0 amide bonds. The first kappa shape index (κ1) is 15.5. The number of hydrogen-bond acceptors (Lipinski definition) is 2. The molecule has 2 atom stereocenters. The molecule has 0 bridgehead atoms. The van der Waals surface area contributed by atoms with Gasteiger partial charge in [-0.1, -0.05) is 57.3 Å². The topological polar surface area (TPSA) is 12.5 Å². The Balaban J connectivity index is 2.13. The number of benzene rings is 1. The Morgan fingerprint density at radius 3 is 2.05 bits per heavy atom. The summed E-state index contributed by atoms with van der Waals surface area (Å²) in [7, 11) is 0. The minimum Gasteiger partial charge on any atom is -0.372 e. The molecule has 1 heterocycles. The smallest absolute Gasteiger partial charge is 0.109 e. The number of thiocarbonyl (C=S) groups is 1. The Kier molecular flexibility index (Phi) is 4.50. The van der Waals surface area contributed by atoms with Crippen LogP contribution in [0.3, 0.4) is 0 Å². The van der Waals surface area contributed by atoms with Crippen LogP contribution in [0.4, 0.5) is 0 Å². The average Bonchev–Trinajstić information content (AvgIpc) is 2.36. The summed E-state index contributed by atoms with van der Waals surface area (Å²) in [4.78, 5) is 3.20. The second-order valence-electron chi connectivity index (χ2n) is 6.79. The highest BCUT2D eigenvalue weighted by Crippen LogP contribution is 2.23. The third-order valence-corrected chi connectivity index (χ3v) is 4.20. The zero-order valence-electron chi connectivity index (χ0n) is 13.1. The third-order valence-electron chi connectivity index (χ3n) is 3.70. The first-order chi connectivity index (χ1) is 9.27. The quantitative estimate of drug-likeness (QED) is 0.731. The fraction of sp³-hybridized carbons (Fsp3) is 0.588. The van der Waals surface area contributed by atoms with Crippen LogP contribution in [-0.2, 0) is 10.2 Å². The highest BCUT2D eigenvalue weighted by atomic mass is 32.1. The fourth-order valence-corrected chi connectivity index (χ4v) is 2.92. The normalized spacial score (nSPS) is 23.8. The molecule has 0 spiro atoms. The minimum absolute atomic E-state index is 0.183. The van der Waals surface area contributed by atoms with Gasteiger partial charge in [-0.3, -0.25) is 0 Å². The maximum atomic E-state index is 5.76. The third kappa shape index (κ3) is 3.58. The van der Waals surface area contributed by atoms with E-state index in [1.807, 2.05) is 0 Å². The lowest BCUT2D eigenvalue weighted by Gasteiger charge is -2.37. The van der Waals surface area contributed by atoms with Crippen molar-refractivity contribution in [1.82, 2.24) is 4.90 Å². The van der Waals surface area contributed by atoms with Gasteiger partial charge < -0.3 is 9.64 Å². The second-order valence-corrected chi connectivity index (χ2v) is 7.18. The number of nitrogens with zero attached hydrogens (tertiary/aromatic N) is 1. The highest BCUT2D eigenvalue weighted by Gasteiger charge is 2.24. The summed E-state index contributed by atoms with van der Waals surface area (Å²) in [5.74, 6) is 0. The lowest BCUT2D eigenvalue weighted by atomic mass is 9.86. The SMILES string of the molecule is CC1CN(C(=S)c2ccc(C(C)(C)C)cc2)CC(C)O1. The number of morpholine rings is 1. The molecule has 1 aromatic carbocycles. The van der Waals surface area contributed by atoms with Gasteiger partial charge in [-0.25, -0.2) is 0 Å². The van der Waals surface area contributed by atoms with Gasteiger partial charge in [0.15, 0.2) is 0 Å². The maximum absolute atomic E-state index is 5.76. The zero-order valence-corrected chi connectivity index (χ0v) is 14.0. The molecule has 20 heavy (non-hydrogen) atoms. The first-order valence-electron chi connectivity index (χ1n) is 7.32. The van der Waals surface area contributed by atoms with Crippen LogP contribution in [0.5, 0.6) is 0 Å². The summed E-state index contributed by atoms with van der Waals surface area (Å²) >= 11 is 5.65. The Morgan fingerprint density at radius 2 is 1.60 bits per heavy atom. The maximum Gasteiger partial charge on any atom is 0.109 e. The number of rotatable bonds is 1. The summed E-state index contributed by atoms with van der Waals surface area (Å²) in [6.45, 7) is 12.7. The van der Waals surface area contributed by atoms with Crippen LogP contribution in [0.15, 0.2) is 24.3 Å². The van der Waals surface area contributed by atoms with E-state index >= 15 is 0 Å². The standard InChI is InChI=1S/C17H25NOS/c1-12-10-18(11-13(2)19-12)16(20)14-6-8-15(9-7-14)17(3,4)5/h6-9,12-13H,10-11H2,1-5H3. The fourth-order valence-electron chi connectivity index (χ4n) is 2.64. The van der Waals surface area contributed by atoms with Gasteiger partial charge in [0, 0.05) is 18.7 Å². The van der Waals surface area contributed by atoms with E-state index in [0.29, 0.717) is 0 Å². The molecule has 1 aliphatic heterocycles. The van der Waals surface area contributed by atoms with Gasteiger partial charge in [0.2, 0.25) is 0 Å². The molecule has 3 heteroatoms. The minimum atomic E-state index is 0.183. The van der Waals surface area contributed by atoms with Crippen LogP contribution in [0, 0.1) is 0 Å². The molecule has 0 aliphatic carbocycles. The molecule has 1 aliphatic rings. The van der Waals surface area contributed by atoms with Crippen molar-refractivity contribution in [3.05, 3.63) is 35.4 Å². The van der Waals surface area contributed by atoms with Crippen molar-refractivity contribution in [3.8, 4) is 0 Å². The van der Waals surface area contributed by atoms with Gasteiger partial charge in [-0.05, 0) is 24.8 Å². The predicted molar refractivity (Wildman–Crippen MR) is 88.4 cm³/mol. The summed E-state index contributed by atoms with van der Waals surface area (Å²) in [5, 5.41) is 0. The predicted octanol–water partition coefficient (Wildman–Crippen LogP) is 3.77. The van der Waals surface area contributed by atoms with Gasteiger partial charge in [-0.15, -0.1) is 0 Å². The van der Waals surface area contributed by atoms with Gasteiger partial charge in [-0.2, -0.15) is 0 Å². The molecule has 0 aromatic heterocycles. The Hall–Kier alpha value is -0.930. The molecular formula is C17H25NOS. The molecular weight excluding hydrogens is 266 g/mol. The van der Waals surface area contributed by atoms with Crippen LogP contribution in [0.25, 0.3) is 0 Å². The Labute approximate surface area is 128 Å². The molecule has 2 nitrogen and oxygen atoms in total. The molecule has 1 saturated heterocycles. The van der Waals surface area contributed by atoms with Crippen molar-refractivity contribution in [1.29, 1.82) is 0 Å². The average molecular weight is 291 g/mol. The first-order valence-corrected chi connectivity index (χ1v) is 7.73. The monoisotopic (exact) mass is 291 g/mol. The zero-order chi connectivity index (χ0) is 14.9. The largest absolute Gasteiger partial charge is 0.372 e. The summed E-state index contributed by atoms with van der Waals surface area (Å²) in [6, 6.07) is 8.67. The summed E-state index contributed by atoms with van der Waals surface area (Å²) in [6.07, 6.45) is 0.482. The van der Waals surface area contributed by atoms with E-state index in [0.717, 1.165) is 23.6 Å². The second kappa shape index (κ2) is 5.82. The molecule has 0 saturated carbocycles. The van der Waals surface area contributed by atoms with E-state index in [-0.39, 0.29) is 17.6 Å². The molecule has 1 aromatic rings. The molecule has 1 fully saturated rings. The van der Waals surface area contributed by atoms with E-state index in [1.165, 1.54) is 5.56 Å². The molecule has 110 valence electrons. The summed E-state index contributed by atoms with van der Waals surface area (Å²) < 4.78 is 5.76. The number of hydrogen-bond donors (Lipinski definition) is 0. The van der Waals surface area contributed by atoms with Crippen LogP contribution in [0.1, 0.15) is 45.7 Å². The van der Waals surface area contributed by atoms with Crippen molar-refractivity contribution in [2.45, 2.75) is 52.2 Å². The van der Waals surface area contributed by atoms with Crippen molar-refractivity contribution >= 4 is 17.2 Å². The Morgan fingerprint density at radius 1 is 1.10 bits per heavy atom. The van der Waals surface area contributed by atoms with Gasteiger partial charge in [0.25, 0.3) is 0 Å². The van der Waals surface area contributed by atoms with Crippen LogP contribution < -0.4 is 0 Å². The Bertz CT molecular complexity index is 465. The van der Waals surface area contributed by atoms with Crippen LogP contribution in [-0.4, -0.2) is 35.2 Å². The van der Waals surface area contributed by atoms with E-state index in [4.69, 9.17) is 17.0 Å². The van der Waals surface area contributed by atoms with Crippen LogP contribution in [0.2, 0.25) is 0 Å². The molecule has 0 radical (unpaired) electrons. The van der Waals surface area contributed by atoms with E-state index in [1.54, 1.807) is 0 Å². The van der Waals surface area contributed by atoms with Gasteiger partial charge in [0.05, 0.1) is 12.2 Å². The van der Waals surface area contributed by atoms with Crippen molar-refractivity contribution in [2.24, 2.45) is 0 Å². The number of ether oxygens (including phenoxy) is 1. The van der Waals surface area contributed by atoms with Crippen molar-refractivity contribution in [3.63, 3.8) is 0 Å². The van der Waals surface area contributed by atoms with Gasteiger partial charge >= 0.3 is 0 Å². The lowest BCUT2D eigenvalue weighted by molar-refractivity contribution is -0.0472. The molecule has 2 unspecified atom stereocenters. The van der Waals surface area contributed by atoms with Gasteiger partial charge in [0.1, 0.15) is 4.99 Å². The van der Waals surface area contributed by atoms with E-state index in [2.05, 4.69) is 63.8 Å². The summed E-state index contributed by atoms with van der Waals surface area (Å²) in [5.41, 5.74) is 2.66. The molecule has 2 rings (SSSR count). The molecule has 0 N–H and O–H groups in total. The lowest BCUT2D eigenvalue weighted by Crippen LogP contribution is -2.47. The highest BCUT2D eigenvalue weighted by molar-refractivity contribution is 7.80.